The van der Waals surface area contributed by atoms with Crippen LogP contribution in [-0.4, -0.2) is 62.2 Å². The van der Waals surface area contributed by atoms with Crippen molar-refractivity contribution in [3.8, 4) is 0 Å². The third-order valence-electron chi connectivity index (χ3n) is 2.61. The Morgan fingerprint density at radius 2 is 2.05 bits per heavy atom. The van der Waals surface area contributed by atoms with Gasteiger partial charge in [0.25, 0.3) is 0 Å². The number of rotatable bonds is 3. The predicted octanol–water partition coefficient (Wildman–Crippen LogP) is -1.94. The molecule has 2 rings (SSSR count). The second-order valence-corrected chi connectivity index (χ2v) is 6.64. The van der Waals surface area contributed by atoms with E-state index < -0.39 is 53.0 Å². The van der Waals surface area contributed by atoms with Crippen molar-refractivity contribution < 1.29 is 52.3 Å². The summed E-state index contributed by atoms with van der Waals surface area (Å²) in [5, 5.41) is 19.4. The number of ether oxygens (including phenoxy) is 1. The van der Waals surface area contributed by atoms with Crippen LogP contribution in [-0.2, 0) is 27.4 Å². The molecule has 0 aromatic rings. The molecule has 0 amide bonds. The molecule has 0 radical (unpaired) electrons. The Bertz CT molecular complexity index is 446. The van der Waals surface area contributed by atoms with Crippen molar-refractivity contribution in [3.63, 3.8) is 0 Å². The third kappa shape index (κ3) is 3.23. The molecule has 2 aliphatic rings. The van der Waals surface area contributed by atoms with Gasteiger partial charge in [-0.3, -0.25) is 9.05 Å². The van der Waals surface area contributed by atoms with Crippen LogP contribution in [0.15, 0.2) is 0 Å². The number of phosphoric acid groups is 2. The Morgan fingerprint density at radius 1 is 1.42 bits per heavy atom. The molecular formula is C6H12O11P2. The lowest BCUT2D eigenvalue weighted by molar-refractivity contribution is -0.202. The fourth-order valence-electron chi connectivity index (χ4n) is 1.78. The molecule has 0 saturated carbocycles. The SMILES string of the molecule is O=P(O)(O)OC[C@H]1O[C@]2(COP(=O)(O)O2)[C@@H](O)[C@@H]1O. The first-order valence-corrected chi connectivity index (χ1v) is 7.99. The zero-order valence-corrected chi connectivity index (χ0v) is 11.0. The van der Waals surface area contributed by atoms with Gasteiger partial charge >= 0.3 is 15.6 Å². The van der Waals surface area contributed by atoms with Gasteiger partial charge in [0, 0.05) is 0 Å². The van der Waals surface area contributed by atoms with Crippen LogP contribution in [0.4, 0.5) is 0 Å². The predicted molar refractivity (Wildman–Crippen MR) is 54.5 cm³/mol. The molecule has 0 aromatic carbocycles. The Kier molecular flexibility index (Phi) is 3.94. The first-order chi connectivity index (χ1) is 8.55. The lowest BCUT2D eigenvalue weighted by Gasteiger charge is -2.23. The van der Waals surface area contributed by atoms with E-state index in [-0.39, 0.29) is 0 Å². The number of aliphatic hydroxyl groups excluding tert-OH is 2. The van der Waals surface area contributed by atoms with Crippen molar-refractivity contribution in [3.05, 3.63) is 0 Å². The summed E-state index contributed by atoms with van der Waals surface area (Å²) in [6.45, 7) is -1.37. The lowest BCUT2D eigenvalue weighted by Crippen LogP contribution is -2.44. The highest BCUT2D eigenvalue weighted by atomic mass is 31.2. The summed E-state index contributed by atoms with van der Waals surface area (Å²) in [6, 6.07) is 0. The number of hydrogen-bond donors (Lipinski definition) is 5. The topological polar surface area (TPSA) is 172 Å². The fourth-order valence-corrected chi connectivity index (χ4v) is 3.11. The monoisotopic (exact) mass is 322 g/mol. The number of aliphatic hydroxyl groups is 2. The standard InChI is InChI=1S/C6H12O11P2/c7-4-3(1-14-18(9,10)11)16-6(5(4)8)2-15-19(12,13)17-6/h3-5,7-8H,1-2H2,(H,12,13)(H2,9,10,11)/t3-,4-,5+,6+/m1/s1. The third-order valence-corrected chi connectivity index (χ3v) is 4.09. The van der Waals surface area contributed by atoms with Crippen molar-refractivity contribution in [1.29, 1.82) is 0 Å². The largest absolute Gasteiger partial charge is 0.475 e. The fraction of sp³-hybridized carbons (Fsp3) is 1.00. The molecule has 2 saturated heterocycles. The van der Waals surface area contributed by atoms with Crippen LogP contribution >= 0.6 is 15.6 Å². The van der Waals surface area contributed by atoms with Crippen LogP contribution in [0.2, 0.25) is 0 Å². The van der Waals surface area contributed by atoms with Crippen molar-refractivity contribution >= 4 is 15.6 Å². The highest BCUT2D eigenvalue weighted by molar-refractivity contribution is 7.47. The molecule has 5 atom stereocenters. The van der Waals surface area contributed by atoms with E-state index in [0.29, 0.717) is 0 Å². The zero-order valence-electron chi connectivity index (χ0n) is 9.23. The molecule has 0 bridgehead atoms. The number of phosphoric ester groups is 2. The van der Waals surface area contributed by atoms with E-state index in [9.17, 15) is 19.3 Å². The second-order valence-electron chi connectivity index (χ2n) is 4.02. The van der Waals surface area contributed by atoms with Gasteiger partial charge in [-0.15, -0.1) is 0 Å². The summed E-state index contributed by atoms with van der Waals surface area (Å²) >= 11 is 0. The highest BCUT2D eigenvalue weighted by Crippen LogP contribution is 2.57. The Labute approximate surface area is 106 Å². The Morgan fingerprint density at radius 3 is 2.53 bits per heavy atom. The maximum absolute atomic E-state index is 11.1. The quantitative estimate of drug-likeness (QED) is 0.366. The minimum atomic E-state index is -4.78. The van der Waals surface area contributed by atoms with Crippen molar-refractivity contribution in [2.45, 2.75) is 24.1 Å². The minimum absolute atomic E-state index is 0.620. The van der Waals surface area contributed by atoms with E-state index in [1.165, 1.54) is 0 Å². The summed E-state index contributed by atoms with van der Waals surface area (Å²) in [5.74, 6) is -2.06. The molecule has 19 heavy (non-hydrogen) atoms. The van der Waals surface area contributed by atoms with Crippen LogP contribution in [0.5, 0.6) is 0 Å². The van der Waals surface area contributed by atoms with Gasteiger partial charge in [-0.05, 0) is 0 Å². The van der Waals surface area contributed by atoms with Crippen LogP contribution in [0.25, 0.3) is 0 Å². The zero-order chi connectivity index (χ0) is 14.5. The van der Waals surface area contributed by atoms with Crippen molar-refractivity contribution in [2.75, 3.05) is 13.2 Å². The smallest absolute Gasteiger partial charge is 0.387 e. The summed E-state index contributed by atoms with van der Waals surface area (Å²) in [4.78, 5) is 26.1. The Balaban J connectivity index is 2.07. The van der Waals surface area contributed by atoms with E-state index in [1.54, 1.807) is 0 Å². The lowest BCUT2D eigenvalue weighted by atomic mass is 10.1. The summed E-state index contributed by atoms with van der Waals surface area (Å²) in [5.41, 5.74) is 0. The molecule has 2 heterocycles. The van der Waals surface area contributed by atoms with Crippen molar-refractivity contribution in [1.82, 2.24) is 0 Å². The van der Waals surface area contributed by atoms with Crippen LogP contribution < -0.4 is 0 Å². The van der Waals surface area contributed by atoms with E-state index >= 15 is 0 Å². The summed E-state index contributed by atoms with van der Waals surface area (Å²) in [6.07, 6.45) is -4.72. The average molecular weight is 322 g/mol. The maximum Gasteiger partial charge on any atom is 0.475 e. The number of hydrogen-bond acceptors (Lipinski definition) is 8. The highest BCUT2D eigenvalue weighted by Gasteiger charge is 2.63. The van der Waals surface area contributed by atoms with Gasteiger partial charge < -0.3 is 29.6 Å². The van der Waals surface area contributed by atoms with Crippen LogP contribution in [0.1, 0.15) is 0 Å². The minimum Gasteiger partial charge on any atom is -0.387 e. The van der Waals surface area contributed by atoms with E-state index in [2.05, 4.69) is 13.6 Å². The molecule has 5 N–H and O–H groups in total. The molecule has 0 aliphatic carbocycles. The van der Waals surface area contributed by atoms with Crippen molar-refractivity contribution in [2.24, 2.45) is 0 Å². The molecular weight excluding hydrogens is 310 g/mol. The van der Waals surface area contributed by atoms with Gasteiger partial charge in [-0.2, -0.15) is 0 Å². The molecule has 112 valence electrons. The van der Waals surface area contributed by atoms with Crippen LogP contribution in [0, 0.1) is 0 Å². The first-order valence-electron chi connectivity index (χ1n) is 4.97. The van der Waals surface area contributed by atoms with E-state index in [4.69, 9.17) is 19.4 Å². The molecule has 1 spiro atoms. The summed E-state index contributed by atoms with van der Waals surface area (Å²) < 4.78 is 39.7. The summed E-state index contributed by atoms with van der Waals surface area (Å²) in [7, 11) is -9.17. The van der Waals surface area contributed by atoms with Gasteiger partial charge in [0.05, 0.1) is 6.61 Å². The van der Waals surface area contributed by atoms with Gasteiger partial charge in [0.15, 0.2) is 0 Å². The Hall–Kier alpha value is 0.1000. The van der Waals surface area contributed by atoms with Crippen LogP contribution in [0.3, 0.4) is 0 Å². The van der Waals surface area contributed by atoms with E-state index in [1.807, 2.05) is 0 Å². The second kappa shape index (κ2) is 4.83. The molecule has 2 fully saturated rings. The molecule has 11 nitrogen and oxygen atoms in total. The maximum atomic E-state index is 11.1. The molecule has 0 aromatic heterocycles. The van der Waals surface area contributed by atoms with E-state index in [0.717, 1.165) is 0 Å². The molecule has 1 unspecified atom stereocenters. The molecule has 13 heteroatoms. The van der Waals surface area contributed by atoms with Gasteiger partial charge in [-0.1, -0.05) is 0 Å². The normalized spacial score (nSPS) is 47.1. The average Bonchev–Trinajstić information content (AvgIpc) is 2.68. The molecule has 2 aliphatic heterocycles. The van der Waals surface area contributed by atoms with Gasteiger partial charge in [-0.25, -0.2) is 13.7 Å². The first kappa shape index (κ1) is 15.5. The van der Waals surface area contributed by atoms with Gasteiger partial charge in [0.2, 0.25) is 5.79 Å². The van der Waals surface area contributed by atoms with Gasteiger partial charge in [0.1, 0.15) is 24.9 Å².